The molecule has 0 atom stereocenters. The summed E-state index contributed by atoms with van der Waals surface area (Å²) in [4.78, 5) is 0. The van der Waals surface area contributed by atoms with E-state index in [1.54, 1.807) is 0 Å². The quantitative estimate of drug-likeness (QED) is 0.617. The molecule has 0 aliphatic heterocycles. The minimum Gasteiger partial charge on any atom is -0.230 e. The monoisotopic (exact) mass is 209 g/mol. The fourth-order valence-electron chi connectivity index (χ4n) is 1.55. The number of tetrazole rings is 1. The zero-order valence-corrected chi connectivity index (χ0v) is 9.65. The van der Waals surface area contributed by atoms with Crippen LogP contribution in [0.4, 0.5) is 0 Å². The van der Waals surface area contributed by atoms with Gasteiger partial charge in [-0.3, -0.25) is 0 Å². The highest BCUT2D eigenvalue weighted by Gasteiger charge is 2.04. The molecule has 0 aromatic carbocycles. The van der Waals surface area contributed by atoms with E-state index in [2.05, 4.69) is 29.4 Å². The van der Waals surface area contributed by atoms with Gasteiger partial charge in [0.15, 0.2) is 5.82 Å². The predicted octanol–water partition coefficient (Wildman–Crippen LogP) is 2.41. The lowest BCUT2D eigenvalue weighted by atomic mass is 10.2. The summed E-state index contributed by atoms with van der Waals surface area (Å²) in [5, 5.41) is 11.8. The predicted molar refractivity (Wildman–Crippen MR) is 60.3 cm³/mol. The maximum Gasteiger partial charge on any atom is 0.151 e. The first kappa shape index (κ1) is 12.1. The van der Waals surface area contributed by atoms with Crippen LogP contribution in [0.1, 0.15) is 51.3 Å². The molecule has 0 saturated carbocycles. The van der Waals surface area contributed by atoms with Crippen LogP contribution >= 0.6 is 0 Å². The van der Waals surface area contributed by atoms with Gasteiger partial charge in [-0.15, -0.1) is 5.10 Å². The van der Waals surface area contributed by atoms with Crippen LogP contribution in [0.2, 0.25) is 0 Å². The average Bonchev–Trinajstić information content (AvgIpc) is 2.67. The second-order valence-corrected chi connectivity index (χ2v) is 3.84. The fraction of sp³-hybridized carbons (Fsp3) is 0.818. The zero-order valence-electron chi connectivity index (χ0n) is 9.65. The molecule has 0 amide bonds. The number of nitrogens with zero attached hydrogens (tertiary/aromatic N) is 4. The van der Waals surface area contributed by atoms with E-state index >= 15 is 0 Å². The Morgan fingerprint density at radius 3 is 2.80 bits per heavy atom. The van der Waals surface area contributed by atoms with Gasteiger partial charge in [-0.1, -0.05) is 39.5 Å². The Hall–Kier alpha value is -0.930. The van der Waals surface area contributed by atoms with Gasteiger partial charge >= 0.3 is 0 Å². The van der Waals surface area contributed by atoms with E-state index in [0.717, 1.165) is 38.1 Å². The van der Waals surface area contributed by atoms with Crippen LogP contribution in [0, 0.1) is 6.92 Å². The molecule has 0 spiro atoms. The van der Waals surface area contributed by atoms with Gasteiger partial charge in [0.1, 0.15) is 0 Å². The zero-order chi connectivity index (χ0) is 10.9. The molecular formula is C11H21N4. The smallest absolute Gasteiger partial charge is 0.151 e. The van der Waals surface area contributed by atoms with Gasteiger partial charge in [0.2, 0.25) is 0 Å². The minimum absolute atomic E-state index is 0.935. The van der Waals surface area contributed by atoms with E-state index in [9.17, 15) is 0 Å². The largest absolute Gasteiger partial charge is 0.230 e. The SMILES string of the molecule is [CH2]CCCCn1nnnc1CCCCC. The van der Waals surface area contributed by atoms with E-state index < -0.39 is 0 Å². The maximum atomic E-state index is 4.05. The molecule has 0 bridgehead atoms. The summed E-state index contributed by atoms with van der Waals surface area (Å²) in [5.74, 6) is 1.03. The Kier molecular flexibility index (Phi) is 5.97. The molecule has 1 aromatic heterocycles. The number of hydrogen-bond acceptors (Lipinski definition) is 3. The lowest BCUT2D eigenvalue weighted by molar-refractivity contribution is 0.517. The molecule has 0 fully saturated rings. The summed E-state index contributed by atoms with van der Waals surface area (Å²) in [7, 11) is 0. The summed E-state index contributed by atoms with van der Waals surface area (Å²) in [6, 6.07) is 0. The van der Waals surface area contributed by atoms with Crippen molar-refractivity contribution < 1.29 is 0 Å². The van der Waals surface area contributed by atoms with E-state index in [4.69, 9.17) is 0 Å². The van der Waals surface area contributed by atoms with Crippen LogP contribution in [-0.4, -0.2) is 20.2 Å². The van der Waals surface area contributed by atoms with Gasteiger partial charge < -0.3 is 0 Å². The third-order valence-corrected chi connectivity index (χ3v) is 2.48. The summed E-state index contributed by atoms with van der Waals surface area (Å²) >= 11 is 0. The molecule has 1 aromatic rings. The second-order valence-electron chi connectivity index (χ2n) is 3.84. The van der Waals surface area contributed by atoms with Crippen LogP contribution in [0.25, 0.3) is 0 Å². The van der Waals surface area contributed by atoms with Crippen molar-refractivity contribution in [3.8, 4) is 0 Å². The molecule has 0 N–H and O–H groups in total. The summed E-state index contributed by atoms with van der Waals surface area (Å²) < 4.78 is 1.94. The molecule has 85 valence electrons. The Balaban J connectivity index is 2.32. The summed E-state index contributed by atoms with van der Waals surface area (Å²) in [6.07, 6.45) is 7.95. The molecule has 1 radical (unpaired) electrons. The summed E-state index contributed by atoms with van der Waals surface area (Å²) in [6.45, 7) is 6.97. The third kappa shape index (κ3) is 4.40. The standard InChI is InChI=1S/C11H21N4/c1-3-5-7-9-11-12-13-14-15(11)10-8-6-4-2/h2-10H2,1H3. The van der Waals surface area contributed by atoms with Crippen molar-refractivity contribution in [1.29, 1.82) is 0 Å². The number of hydrogen-bond donors (Lipinski definition) is 0. The fourth-order valence-corrected chi connectivity index (χ4v) is 1.55. The molecule has 15 heavy (non-hydrogen) atoms. The van der Waals surface area contributed by atoms with Crippen LogP contribution < -0.4 is 0 Å². The van der Waals surface area contributed by atoms with Crippen LogP contribution in [0.5, 0.6) is 0 Å². The van der Waals surface area contributed by atoms with E-state index in [1.165, 1.54) is 19.3 Å². The molecule has 0 unspecified atom stereocenters. The van der Waals surface area contributed by atoms with Crippen LogP contribution in [0.15, 0.2) is 0 Å². The Morgan fingerprint density at radius 1 is 1.20 bits per heavy atom. The Labute approximate surface area is 92.1 Å². The molecule has 1 rings (SSSR count). The molecule has 0 aliphatic carbocycles. The molecule has 1 heterocycles. The molecule has 4 nitrogen and oxygen atoms in total. The number of aromatic nitrogens is 4. The van der Waals surface area contributed by atoms with Crippen molar-refractivity contribution in [3.63, 3.8) is 0 Å². The first-order chi connectivity index (χ1) is 7.38. The number of unbranched alkanes of at least 4 members (excludes halogenated alkanes) is 4. The van der Waals surface area contributed by atoms with Crippen molar-refractivity contribution in [1.82, 2.24) is 20.2 Å². The lowest BCUT2D eigenvalue weighted by Crippen LogP contribution is -2.06. The van der Waals surface area contributed by atoms with Crippen molar-refractivity contribution in [2.45, 2.75) is 58.4 Å². The summed E-state index contributed by atoms with van der Waals surface area (Å²) in [5.41, 5.74) is 0. The highest BCUT2D eigenvalue weighted by atomic mass is 15.5. The van der Waals surface area contributed by atoms with E-state index in [-0.39, 0.29) is 0 Å². The molecule has 0 aliphatic rings. The van der Waals surface area contributed by atoms with Gasteiger partial charge in [-0.25, -0.2) is 4.68 Å². The first-order valence-corrected chi connectivity index (χ1v) is 5.92. The highest BCUT2D eigenvalue weighted by Crippen LogP contribution is 2.04. The highest BCUT2D eigenvalue weighted by molar-refractivity contribution is 4.80. The van der Waals surface area contributed by atoms with E-state index in [1.807, 2.05) is 4.68 Å². The van der Waals surface area contributed by atoms with Crippen molar-refractivity contribution >= 4 is 0 Å². The molecular weight excluding hydrogens is 188 g/mol. The second kappa shape index (κ2) is 7.37. The molecule has 4 heteroatoms. The minimum atomic E-state index is 0.935. The number of rotatable bonds is 8. The van der Waals surface area contributed by atoms with Crippen molar-refractivity contribution in [2.75, 3.05) is 0 Å². The van der Waals surface area contributed by atoms with Gasteiger partial charge in [-0.05, 0) is 23.3 Å². The van der Waals surface area contributed by atoms with Gasteiger partial charge in [0.25, 0.3) is 0 Å². The van der Waals surface area contributed by atoms with Crippen molar-refractivity contribution in [2.24, 2.45) is 0 Å². The van der Waals surface area contributed by atoms with Crippen LogP contribution in [0.3, 0.4) is 0 Å². The van der Waals surface area contributed by atoms with Gasteiger partial charge in [0, 0.05) is 13.0 Å². The lowest BCUT2D eigenvalue weighted by Gasteiger charge is -2.03. The third-order valence-electron chi connectivity index (χ3n) is 2.48. The van der Waals surface area contributed by atoms with Crippen molar-refractivity contribution in [3.05, 3.63) is 12.7 Å². The molecule has 0 saturated heterocycles. The Bertz CT molecular complexity index is 232. The average molecular weight is 209 g/mol. The normalized spacial score (nSPS) is 10.8. The Morgan fingerprint density at radius 2 is 2.07 bits per heavy atom. The maximum absolute atomic E-state index is 4.05. The topological polar surface area (TPSA) is 43.6 Å². The van der Waals surface area contributed by atoms with Gasteiger partial charge in [0.05, 0.1) is 0 Å². The van der Waals surface area contributed by atoms with Gasteiger partial charge in [-0.2, -0.15) is 0 Å². The van der Waals surface area contributed by atoms with E-state index in [0.29, 0.717) is 0 Å². The van der Waals surface area contributed by atoms with Crippen LogP contribution in [-0.2, 0) is 13.0 Å². The number of aryl methyl sites for hydroxylation is 2. The first-order valence-electron chi connectivity index (χ1n) is 5.92.